The van der Waals surface area contributed by atoms with E-state index in [1.807, 2.05) is 86.1 Å². The molecule has 4 rings (SSSR count). The zero-order chi connectivity index (χ0) is 19.7. The van der Waals surface area contributed by atoms with Gasteiger partial charge in [0.05, 0.1) is 5.69 Å². The number of anilines is 2. The average Bonchev–Trinajstić information content (AvgIpc) is 3.08. The Morgan fingerprint density at radius 3 is 2.50 bits per heavy atom. The number of rotatable bonds is 3. The minimum atomic E-state index is -0.270. The van der Waals surface area contributed by atoms with Crippen LogP contribution in [-0.2, 0) is 0 Å². The highest BCUT2D eigenvalue weighted by molar-refractivity contribution is 6.00. The van der Waals surface area contributed by atoms with Gasteiger partial charge in [-0.05, 0) is 56.2 Å². The lowest BCUT2D eigenvalue weighted by molar-refractivity contribution is 0.262. The van der Waals surface area contributed by atoms with Gasteiger partial charge in [0.15, 0.2) is 0 Å². The molecule has 6 heteroatoms. The van der Waals surface area contributed by atoms with Crippen molar-refractivity contribution in [2.75, 3.05) is 10.6 Å². The van der Waals surface area contributed by atoms with Crippen LogP contribution in [0.2, 0.25) is 0 Å². The maximum absolute atomic E-state index is 12.3. The molecule has 2 aromatic carbocycles. The van der Waals surface area contributed by atoms with Crippen LogP contribution in [0.25, 0.3) is 17.0 Å². The summed E-state index contributed by atoms with van der Waals surface area (Å²) in [6, 6.07) is 15.2. The van der Waals surface area contributed by atoms with Gasteiger partial charge in [-0.3, -0.25) is 4.40 Å². The Hall–Kier alpha value is -3.67. The van der Waals surface area contributed by atoms with E-state index in [1.165, 1.54) is 0 Å². The van der Waals surface area contributed by atoms with Gasteiger partial charge in [-0.25, -0.2) is 14.8 Å². The zero-order valence-corrected chi connectivity index (χ0v) is 16.0. The van der Waals surface area contributed by atoms with Crippen LogP contribution >= 0.6 is 0 Å². The minimum absolute atomic E-state index is 0.270. The fraction of sp³-hybridized carbons (Fsp3) is 0.136. The van der Waals surface area contributed by atoms with Gasteiger partial charge in [0.1, 0.15) is 0 Å². The number of urea groups is 1. The van der Waals surface area contributed by atoms with Crippen molar-refractivity contribution < 1.29 is 4.79 Å². The zero-order valence-electron chi connectivity index (χ0n) is 16.0. The van der Waals surface area contributed by atoms with Crippen LogP contribution < -0.4 is 10.6 Å². The molecule has 0 aliphatic heterocycles. The van der Waals surface area contributed by atoms with Crippen molar-refractivity contribution in [3.63, 3.8) is 0 Å². The highest BCUT2D eigenvalue weighted by Gasteiger charge is 2.08. The van der Waals surface area contributed by atoms with Crippen molar-refractivity contribution in [1.29, 1.82) is 0 Å². The summed E-state index contributed by atoms with van der Waals surface area (Å²) in [6.07, 6.45) is 3.89. The van der Waals surface area contributed by atoms with E-state index in [0.29, 0.717) is 11.5 Å². The van der Waals surface area contributed by atoms with E-state index in [0.717, 1.165) is 33.8 Å². The Kier molecular flexibility index (Phi) is 4.53. The van der Waals surface area contributed by atoms with Crippen molar-refractivity contribution in [3.8, 4) is 11.3 Å². The summed E-state index contributed by atoms with van der Waals surface area (Å²) in [5, 5.41) is 5.76. The first-order chi connectivity index (χ1) is 13.5. The molecule has 140 valence electrons. The Balaban J connectivity index is 1.48. The summed E-state index contributed by atoms with van der Waals surface area (Å²) in [4.78, 5) is 21.3. The second kappa shape index (κ2) is 7.15. The number of imidazole rings is 1. The van der Waals surface area contributed by atoms with Gasteiger partial charge in [-0.2, -0.15) is 0 Å². The summed E-state index contributed by atoms with van der Waals surface area (Å²) in [5.74, 6) is 0.671. The summed E-state index contributed by atoms with van der Waals surface area (Å²) in [5.41, 5.74) is 6.37. The number of benzene rings is 2. The van der Waals surface area contributed by atoms with Gasteiger partial charge >= 0.3 is 6.03 Å². The van der Waals surface area contributed by atoms with Gasteiger partial charge in [0.25, 0.3) is 0 Å². The number of nitrogens with zero attached hydrogens (tertiary/aromatic N) is 3. The summed E-state index contributed by atoms with van der Waals surface area (Å²) >= 11 is 0. The first-order valence-electron chi connectivity index (χ1n) is 9.06. The highest BCUT2D eigenvalue weighted by atomic mass is 16.2. The molecule has 0 aliphatic rings. The highest BCUT2D eigenvalue weighted by Crippen LogP contribution is 2.22. The molecule has 2 N–H and O–H groups in total. The molecule has 2 amide bonds. The van der Waals surface area contributed by atoms with E-state index >= 15 is 0 Å². The largest absolute Gasteiger partial charge is 0.323 e. The number of carbonyl (C=O) groups excluding carboxylic acids is 1. The Bertz CT molecular complexity index is 1160. The van der Waals surface area contributed by atoms with E-state index in [-0.39, 0.29) is 6.03 Å². The van der Waals surface area contributed by atoms with Crippen LogP contribution in [0.4, 0.5) is 16.2 Å². The molecule has 4 aromatic rings. The number of aromatic nitrogens is 3. The van der Waals surface area contributed by atoms with Gasteiger partial charge in [-0.1, -0.05) is 24.3 Å². The third kappa shape index (κ3) is 3.71. The first kappa shape index (κ1) is 17.7. The van der Waals surface area contributed by atoms with Crippen molar-refractivity contribution in [1.82, 2.24) is 14.4 Å². The van der Waals surface area contributed by atoms with Crippen LogP contribution in [-0.4, -0.2) is 20.4 Å². The third-order valence-corrected chi connectivity index (χ3v) is 4.55. The molecule has 0 saturated carbocycles. The molecule has 6 nitrogen and oxygen atoms in total. The third-order valence-electron chi connectivity index (χ3n) is 4.55. The maximum Gasteiger partial charge on any atom is 0.323 e. The lowest BCUT2D eigenvalue weighted by Crippen LogP contribution is -2.20. The molecule has 0 radical (unpaired) electrons. The molecule has 0 aliphatic carbocycles. The average molecular weight is 371 g/mol. The number of fused-ring (bicyclic) bond motifs is 1. The first-order valence-corrected chi connectivity index (χ1v) is 9.06. The Labute approximate surface area is 163 Å². The number of carbonyl (C=O) groups is 1. The van der Waals surface area contributed by atoms with Gasteiger partial charge < -0.3 is 10.6 Å². The van der Waals surface area contributed by atoms with Crippen LogP contribution in [0.15, 0.2) is 60.9 Å². The van der Waals surface area contributed by atoms with Crippen LogP contribution in [0.1, 0.15) is 16.8 Å². The number of hydrogen-bond acceptors (Lipinski definition) is 3. The lowest BCUT2D eigenvalue weighted by atomic mass is 10.1. The molecule has 0 unspecified atom stereocenters. The van der Waals surface area contributed by atoms with Crippen molar-refractivity contribution in [2.45, 2.75) is 20.8 Å². The van der Waals surface area contributed by atoms with Crippen molar-refractivity contribution in [3.05, 3.63) is 77.7 Å². The molecule has 28 heavy (non-hydrogen) atoms. The molecule has 0 atom stereocenters. The second-order valence-electron chi connectivity index (χ2n) is 6.88. The van der Waals surface area contributed by atoms with Gasteiger partial charge in [0.2, 0.25) is 5.78 Å². The van der Waals surface area contributed by atoms with Crippen molar-refractivity contribution in [2.24, 2.45) is 0 Å². The molecule has 0 saturated heterocycles. The standard InChI is InChI=1S/C22H21N5O/c1-14-4-5-15(2)19(12-14)26-22(28)24-18-8-6-17(7-9-18)20-13-27-11-10-16(3)23-21(27)25-20/h4-13H,1-3H3,(H2,24,26,28). The predicted molar refractivity (Wildman–Crippen MR) is 112 cm³/mol. The molecule has 2 heterocycles. The van der Waals surface area contributed by atoms with Gasteiger partial charge in [-0.15, -0.1) is 0 Å². The van der Waals surface area contributed by atoms with E-state index < -0.39 is 0 Å². The number of aryl methyl sites for hydroxylation is 3. The van der Waals surface area contributed by atoms with Crippen LogP contribution in [0.3, 0.4) is 0 Å². The van der Waals surface area contributed by atoms with E-state index in [9.17, 15) is 4.79 Å². The summed E-state index contributed by atoms with van der Waals surface area (Å²) in [6.45, 7) is 5.91. The van der Waals surface area contributed by atoms with Crippen LogP contribution in [0.5, 0.6) is 0 Å². The maximum atomic E-state index is 12.3. The lowest BCUT2D eigenvalue weighted by Gasteiger charge is -2.11. The van der Waals surface area contributed by atoms with Crippen molar-refractivity contribution >= 4 is 23.2 Å². The fourth-order valence-electron chi connectivity index (χ4n) is 2.98. The smallest absolute Gasteiger partial charge is 0.308 e. The Morgan fingerprint density at radius 2 is 1.71 bits per heavy atom. The normalized spacial score (nSPS) is 10.8. The quantitative estimate of drug-likeness (QED) is 0.534. The second-order valence-corrected chi connectivity index (χ2v) is 6.88. The number of nitrogens with one attached hydrogen (secondary N) is 2. The molecular formula is C22H21N5O. The molecule has 0 fully saturated rings. The fourth-order valence-corrected chi connectivity index (χ4v) is 2.98. The SMILES string of the molecule is Cc1ccc(C)c(NC(=O)Nc2ccc(-c3cn4ccc(C)nc4n3)cc2)c1. The topological polar surface area (TPSA) is 71.3 Å². The van der Waals surface area contributed by atoms with Crippen LogP contribution in [0, 0.1) is 20.8 Å². The molecule has 2 aromatic heterocycles. The van der Waals surface area contributed by atoms with E-state index in [2.05, 4.69) is 20.6 Å². The Morgan fingerprint density at radius 1 is 0.929 bits per heavy atom. The molecule has 0 bridgehead atoms. The van der Waals surface area contributed by atoms with Gasteiger partial charge in [0, 0.05) is 35.0 Å². The van der Waals surface area contributed by atoms with E-state index in [4.69, 9.17) is 0 Å². The van der Waals surface area contributed by atoms with E-state index in [1.54, 1.807) is 0 Å². The number of hydrogen-bond donors (Lipinski definition) is 2. The summed E-state index contributed by atoms with van der Waals surface area (Å²) < 4.78 is 1.89. The molecular weight excluding hydrogens is 350 g/mol. The summed E-state index contributed by atoms with van der Waals surface area (Å²) in [7, 11) is 0. The number of amides is 2. The monoisotopic (exact) mass is 371 g/mol. The predicted octanol–water partition coefficient (Wildman–Crippen LogP) is 4.97. The minimum Gasteiger partial charge on any atom is -0.308 e. The molecule has 0 spiro atoms.